The Kier molecular flexibility index (Phi) is 3.74. The summed E-state index contributed by atoms with van der Waals surface area (Å²) in [6.45, 7) is -0.390. The van der Waals surface area contributed by atoms with Crippen LogP contribution in [0.4, 0.5) is 0 Å². The van der Waals surface area contributed by atoms with Gasteiger partial charge in [0.25, 0.3) is 0 Å². The first-order valence-corrected chi connectivity index (χ1v) is 6.71. The van der Waals surface area contributed by atoms with Crippen LogP contribution in [-0.4, -0.2) is 41.0 Å². The first kappa shape index (κ1) is 14.2. The minimum absolute atomic E-state index is 0.175. The standard InChI is InChI=1S/C14H13B3O4/c18-16(19)13-11-8-4-5-9-12(11)15(14(13)17(20)21)10-6-2-1-3-7-10/h1-9,18-21H. The molecule has 4 N–H and O–H groups in total. The third-order valence-corrected chi connectivity index (χ3v) is 3.85. The summed E-state index contributed by atoms with van der Waals surface area (Å²) < 4.78 is 0. The lowest BCUT2D eigenvalue weighted by Gasteiger charge is -2.14. The summed E-state index contributed by atoms with van der Waals surface area (Å²) in [7, 11) is -3.50. The van der Waals surface area contributed by atoms with Crippen molar-refractivity contribution in [2.24, 2.45) is 0 Å². The molecule has 0 saturated carbocycles. The van der Waals surface area contributed by atoms with Crippen molar-refractivity contribution in [3.8, 4) is 0 Å². The maximum absolute atomic E-state index is 9.75. The molecule has 2 aromatic carbocycles. The molecule has 2 aromatic rings. The van der Waals surface area contributed by atoms with E-state index in [0.717, 1.165) is 10.9 Å². The van der Waals surface area contributed by atoms with Gasteiger partial charge in [0.15, 0.2) is 0 Å². The summed E-state index contributed by atoms with van der Waals surface area (Å²) in [6, 6.07) is 16.6. The molecule has 21 heavy (non-hydrogen) atoms. The van der Waals surface area contributed by atoms with Crippen LogP contribution in [0, 0.1) is 0 Å². The molecule has 1 aliphatic rings. The van der Waals surface area contributed by atoms with Crippen molar-refractivity contribution in [1.82, 2.24) is 0 Å². The lowest BCUT2D eigenvalue weighted by molar-refractivity contribution is 0.418. The predicted molar refractivity (Wildman–Crippen MR) is 85.2 cm³/mol. The third-order valence-electron chi connectivity index (χ3n) is 3.85. The van der Waals surface area contributed by atoms with Gasteiger partial charge < -0.3 is 20.1 Å². The van der Waals surface area contributed by atoms with E-state index in [0.29, 0.717) is 5.56 Å². The summed E-state index contributed by atoms with van der Waals surface area (Å²) in [5, 5.41) is 39.0. The highest BCUT2D eigenvalue weighted by atomic mass is 16.4. The summed E-state index contributed by atoms with van der Waals surface area (Å²) in [5.74, 6) is 0. The average Bonchev–Trinajstić information content (AvgIpc) is 2.83. The van der Waals surface area contributed by atoms with Gasteiger partial charge in [0.1, 0.15) is 0 Å². The molecule has 0 atom stereocenters. The monoisotopic (exact) mass is 278 g/mol. The molecule has 0 radical (unpaired) electrons. The molecule has 0 unspecified atom stereocenters. The third kappa shape index (κ3) is 2.34. The van der Waals surface area contributed by atoms with Gasteiger partial charge in [-0.05, 0) is 11.0 Å². The molecule has 0 amide bonds. The quantitative estimate of drug-likeness (QED) is 0.522. The van der Waals surface area contributed by atoms with E-state index in [9.17, 15) is 20.1 Å². The molecule has 0 aromatic heterocycles. The van der Waals surface area contributed by atoms with Crippen LogP contribution in [0.1, 0.15) is 5.56 Å². The Morgan fingerprint density at radius 1 is 0.714 bits per heavy atom. The maximum atomic E-state index is 9.75. The number of fused-ring (bicyclic) bond motifs is 1. The van der Waals surface area contributed by atoms with Crippen LogP contribution in [-0.2, 0) is 0 Å². The lowest BCUT2D eigenvalue weighted by Crippen LogP contribution is -2.46. The van der Waals surface area contributed by atoms with Crippen molar-refractivity contribution in [3.63, 3.8) is 0 Å². The Morgan fingerprint density at radius 3 is 1.95 bits per heavy atom. The fourth-order valence-corrected chi connectivity index (χ4v) is 3.05. The van der Waals surface area contributed by atoms with Crippen LogP contribution < -0.4 is 10.9 Å². The molecule has 4 nitrogen and oxygen atoms in total. The average molecular weight is 278 g/mol. The van der Waals surface area contributed by atoms with Crippen LogP contribution in [0.3, 0.4) is 0 Å². The molecule has 102 valence electrons. The highest BCUT2D eigenvalue weighted by molar-refractivity contribution is 7.05. The fraction of sp³-hybridized carbons (Fsp3) is 0. The van der Waals surface area contributed by atoms with Gasteiger partial charge in [-0.3, -0.25) is 0 Å². The van der Waals surface area contributed by atoms with E-state index < -0.39 is 14.2 Å². The Labute approximate surface area is 123 Å². The predicted octanol–water partition coefficient (Wildman–Crippen LogP) is -1.37. The van der Waals surface area contributed by atoms with E-state index in [1.165, 1.54) is 0 Å². The Morgan fingerprint density at radius 2 is 1.33 bits per heavy atom. The van der Waals surface area contributed by atoms with Gasteiger partial charge in [0, 0.05) is 0 Å². The van der Waals surface area contributed by atoms with Crippen molar-refractivity contribution in [3.05, 3.63) is 65.5 Å². The number of rotatable bonds is 3. The zero-order valence-electron chi connectivity index (χ0n) is 11.2. The van der Waals surface area contributed by atoms with Crippen LogP contribution in [0.2, 0.25) is 0 Å². The van der Waals surface area contributed by atoms with Crippen molar-refractivity contribution >= 4 is 37.3 Å². The van der Waals surface area contributed by atoms with E-state index in [4.69, 9.17) is 0 Å². The van der Waals surface area contributed by atoms with E-state index in [2.05, 4.69) is 0 Å². The van der Waals surface area contributed by atoms with Crippen LogP contribution in [0.5, 0.6) is 0 Å². The SMILES string of the molecule is OB(O)C1=C(B(O)O)c2ccccc2B1c1ccccc1. The van der Waals surface area contributed by atoms with Crippen LogP contribution >= 0.6 is 0 Å². The zero-order valence-corrected chi connectivity index (χ0v) is 11.2. The van der Waals surface area contributed by atoms with Gasteiger partial charge in [-0.25, -0.2) is 0 Å². The molecule has 1 heterocycles. The van der Waals surface area contributed by atoms with Gasteiger partial charge in [0.2, 0.25) is 6.71 Å². The van der Waals surface area contributed by atoms with Crippen molar-refractivity contribution < 1.29 is 20.1 Å². The van der Waals surface area contributed by atoms with Crippen molar-refractivity contribution in [1.29, 1.82) is 0 Å². The molecule has 0 fully saturated rings. The van der Waals surface area contributed by atoms with E-state index in [1.807, 2.05) is 42.5 Å². The first-order chi connectivity index (χ1) is 10.1. The molecular weight excluding hydrogens is 265 g/mol. The van der Waals surface area contributed by atoms with E-state index in [1.54, 1.807) is 12.1 Å². The maximum Gasteiger partial charge on any atom is 0.487 e. The molecule has 7 heteroatoms. The summed E-state index contributed by atoms with van der Waals surface area (Å²) >= 11 is 0. The lowest BCUT2D eigenvalue weighted by atomic mass is 9.31. The molecule has 1 aliphatic heterocycles. The molecule has 0 saturated heterocycles. The number of hydrogen-bond donors (Lipinski definition) is 4. The second-order valence-corrected chi connectivity index (χ2v) is 5.05. The molecular formula is C14H13B3O4. The molecule has 0 spiro atoms. The number of hydrogen-bond acceptors (Lipinski definition) is 4. The molecule has 3 rings (SSSR count). The molecule has 0 bridgehead atoms. The van der Waals surface area contributed by atoms with Crippen molar-refractivity contribution in [2.45, 2.75) is 0 Å². The van der Waals surface area contributed by atoms with Gasteiger partial charge in [-0.2, -0.15) is 0 Å². The second-order valence-electron chi connectivity index (χ2n) is 5.05. The minimum Gasteiger partial charge on any atom is -0.424 e. The topological polar surface area (TPSA) is 80.9 Å². The largest absolute Gasteiger partial charge is 0.487 e. The van der Waals surface area contributed by atoms with E-state index in [-0.39, 0.29) is 17.6 Å². The Balaban J connectivity index is 2.27. The van der Waals surface area contributed by atoms with Gasteiger partial charge >= 0.3 is 14.2 Å². The van der Waals surface area contributed by atoms with Gasteiger partial charge in [-0.15, -0.1) is 0 Å². The highest BCUT2D eigenvalue weighted by Crippen LogP contribution is 2.28. The van der Waals surface area contributed by atoms with Gasteiger partial charge in [0.05, 0.1) is 0 Å². The molecule has 0 aliphatic carbocycles. The minimum atomic E-state index is -1.75. The smallest absolute Gasteiger partial charge is 0.424 e. The van der Waals surface area contributed by atoms with E-state index >= 15 is 0 Å². The fourth-order valence-electron chi connectivity index (χ4n) is 3.05. The van der Waals surface area contributed by atoms with Crippen LogP contribution in [0.25, 0.3) is 5.47 Å². The van der Waals surface area contributed by atoms with Gasteiger partial charge in [-0.1, -0.05) is 70.9 Å². The van der Waals surface area contributed by atoms with Crippen LogP contribution in [0.15, 0.2) is 60.0 Å². The first-order valence-electron chi connectivity index (χ1n) is 6.71. The number of benzene rings is 2. The summed E-state index contributed by atoms with van der Waals surface area (Å²) in [4.78, 5) is 0. The summed E-state index contributed by atoms with van der Waals surface area (Å²) in [6.07, 6.45) is 0. The summed E-state index contributed by atoms with van der Waals surface area (Å²) in [5.41, 5.74) is 2.54. The second kappa shape index (κ2) is 5.54. The van der Waals surface area contributed by atoms with Crippen molar-refractivity contribution in [2.75, 3.05) is 0 Å². The highest BCUT2D eigenvalue weighted by Gasteiger charge is 2.43. The normalized spacial score (nSPS) is 13.4. The Hall–Kier alpha value is -1.79. The zero-order chi connectivity index (χ0) is 15.0. The Bertz CT molecular complexity index is 686.